The fourth-order valence-electron chi connectivity index (χ4n) is 1.60. The van der Waals surface area contributed by atoms with Crippen LogP contribution in [0.4, 0.5) is 17.6 Å². The van der Waals surface area contributed by atoms with Crippen LogP contribution in [0.2, 0.25) is 0 Å². The Kier molecular flexibility index (Phi) is 4.32. The standard InChI is InChI=1S/C14H11F4NS/c1-9(10-2-5-12(15)6-3-10)20-13-7-4-11(8-19-13)14(16,17)18/h2-9H,1H3. The molecule has 1 aromatic carbocycles. The van der Waals surface area contributed by atoms with Crippen molar-refractivity contribution in [3.05, 3.63) is 59.5 Å². The van der Waals surface area contributed by atoms with Crippen LogP contribution in [0.1, 0.15) is 23.3 Å². The minimum atomic E-state index is -4.38. The van der Waals surface area contributed by atoms with Gasteiger partial charge in [-0.2, -0.15) is 13.2 Å². The monoisotopic (exact) mass is 301 g/mol. The van der Waals surface area contributed by atoms with Crippen molar-refractivity contribution in [1.82, 2.24) is 4.98 Å². The van der Waals surface area contributed by atoms with Crippen molar-refractivity contribution in [2.45, 2.75) is 23.4 Å². The lowest BCUT2D eigenvalue weighted by atomic mass is 10.2. The van der Waals surface area contributed by atoms with Crippen molar-refractivity contribution in [1.29, 1.82) is 0 Å². The Labute approximate surface area is 118 Å². The van der Waals surface area contributed by atoms with Gasteiger partial charge in [0.2, 0.25) is 0 Å². The fraction of sp³-hybridized carbons (Fsp3) is 0.214. The number of thioether (sulfide) groups is 1. The number of benzene rings is 1. The Hall–Kier alpha value is -1.56. The largest absolute Gasteiger partial charge is 0.417 e. The molecule has 2 aromatic rings. The van der Waals surface area contributed by atoms with Crippen molar-refractivity contribution in [3.63, 3.8) is 0 Å². The second kappa shape index (κ2) is 5.83. The van der Waals surface area contributed by atoms with Crippen LogP contribution in [-0.2, 0) is 6.18 Å². The minimum Gasteiger partial charge on any atom is -0.249 e. The molecule has 2 rings (SSSR count). The van der Waals surface area contributed by atoms with Crippen LogP contribution >= 0.6 is 11.8 Å². The molecule has 1 heterocycles. The maximum Gasteiger partial charge on any atom is 0.417 e. The lowest BCUT2D eigenvalue weighted by molar-refractivity contribution is -0.137. The summed E-state index contributed by atoms with van der Waals surface area (Å²) in [6, 6.07) is 8.35. The topological polar surface area (TPSA) is 12.9 Å². The zero-order valence-corrected chi connectivity index (χ0v) is 11.3. The molecule has 1 atom stereocenters. The summed E-state index contributed by atoms with van der Waals surface area (Å²) in [5.41, 5.74) is 0.120. The first-order chi connectivity index (χ1) is 9.36. The molecule has 106 valence electrons. The van der Waals surface area contributed by atoms with Gasteiger partial charge in [0, 0.05) is 11.4 Å². The quantitative estimate of drug-likeness (QED) is 0.578. The highest BCUT2D eigenvalue weighted by molar-refractivity contribution is 7.99. The number of nitrogens with zero attached hydrogens (tertiary/aromatic N) is 1. The average Bonchev–Trinajstić information content (AvgIpc) is 2.39. The SMILES string of the molecule is CC(Sc1ccc(C(F)(F)F)cn1)c1ccc(F)cc1. The summed E-state index contributed by atoms with van der Waals surface area (Å²) in [6.07, 6.45) is -3.56. The van der Waals surface area contributed by atoms with Crippen molar-refractivity contribution >= 4 is 11.8 Å². The molecule has 1 aromatic heterocycles. The maximum absolute atomic E-state index is 12.8. The van der Waals surface area contributed by atoms with E-state index in [9.17, 15) is 17.6 Å². The van der Waals surface area contributed by atoms with E-state index in [0.717, 1.165) is 17.8 Å². The molecule has 1 unspecified atom stereocenters. The molecule has 0 saturated heterocycles. The van der Waals surface area contributed by atoms with Gasteiger partial charge in [-0.25, -0.2) is 9.37 Å². The molecule has 0 N–H and O–H groups in total. The Balaban J connectivity index is 2.08. The predicted octanol–water partition coefficient (Wildman–Crippen LogP) is 5.09. The van der Waals surface area contributed by atoms with E-state index in [-0.39, 0.29) is 11.1 Å². The van der Waals surface area contributed by atoms with E-state index in [1.807, 2.05) is 6.92 Å². The van der Waals surface area contributed by atoms with Crippen LogP contribution in [-0.4, -0.2) is 4.98 Å². The normalized spacial score (nSPS) is 13.2. The van der Waals surface area contributed by atoms with Gasteiger partial charge in [-0.15, -0.1) is 0 Å². The number of hydrogen-bond donors (Lipinski definition) is 0. The molecular weight excluding hydrogens is 290 g/mol. The van der Waals surface area contributed by atoms with Gasteiger partial charge in [0.25, 0.3) is 0 Å². The summed E-state index contributed by atoms with van der Waals surface area (Å²) in [4.78, 5) is 3.80. The van der Waals surface area contributed by atoms with Gasteiger partial charge in [-0.1, -0.05) is 23.9 Å². The van der Waals surface area contributed by atoms with Crippen molar-refractivity contribution < 1.29 is 17.6 Å². The molecule has 0 saturated carbocycles. The summed E-state index contributed by atoms with van der Waals surface area (Å²) in [5, 5.41) is 0.467. The van der Waals surface area contributed by atoms with Crippen LogP contribution in [0.5, 0.6) is 0 Å². The van der Waals surface area contributed by atoms with Gasteiger partial charge in [0.1, 0.15) is 5.82 Å². The third kappa shape index (κ3) is 3.72. The van der Waals surface area contributed by atoms with E-state index >= 15 is 0 Å². The Morgan fingerprint density at radius 2 is 1.70 bits per heavy atom. The zero-order valence-electron chi connectivity index (χ0n) is 10.5. The molecule has 0 bridgehead atoms. The molecule has 6 heteroatoms. The smallest absolute Gasteiger partial charge is 0.249 e. The molecule has 1 nitrogen and oxygen atoms in total. The van der Waals surface area contributed by atoms with E-state index in [1.165, 1.54) is 30.0 Å². The number of rotatable bonds is 3. The third-order valence-electron chi connectivity index (χ3n) is 2.70. The number of pyridine rings is 1. The lowest BCUT2D eigenvalue weighted by Crippen LogP contribution is -2.05. The highest BCUT2D eigenvalue weighted by Crippen LogP contribution is 2.35. The van der Waals surface area contributed by atoms with E-state index in [0.29, 0.717) is 5.03 Å². The van der Waals surface area contributed by atoms with Crippen LogP contribution in [0.3, 0.4) is 0 Å². The number of alkyl halides is 3. The van der Waals surface area contributed by atoms with Crippen LogP contribution < -0.4 is 0 Å². The summed E-state index contributed by atoms with van der Waals surface area (Å²) in [7, 11) is 0. The average molecular weight is 301 g/mol. The molecule has 0 aliphatic rings. The maximum atomic E-state index is 12.8. The second-order valence-electron chi connectivity index (χ2n) is 4.19. The lowest BCUT2D eigenvalue weighted by Gasteiger charge is -2.12. The molecule has 0 spiro atoms. The van der Waals surface area contributed by atoms with Gasteiger partial charge in [-0.3, -0.25) is 0 Å². The van der Waals surface area contributed by atoms with Crippen molar-refractivity contribution in [2.75, 3.05) is 0 Å². The summed E-state index contributed by atoms with van der Waals surface area (Å²) >= 11 is 1.32. The number of halogens is 4. The van der Waals surface area contributed by atoms with E-state index < -0.39 is 11.7 Å². The highest BCUT2D eigenvalue weighted by atomic mass is 32.2. The summed E-state index contributed by atoms with van der Waals surface area (Å²) in [5.74, 6) is -0.321. The Bertz CT molecular complexity index is 563. The van der Waals surface area contributed by atoms with Gasteiger partial charge in [0.05, 0.1) is 10.6 Å². The molecular formula is C14H11F4NS. The minimum absolute atomic E-state index is 0.0279. The zero-order chi connectivity index (χ0) is 14.8. The number of aromatic nitrogens is 1. The van der Waals surface area contributed by atoms with Gasteiger partial charge in [0.15, 0.2) is 0 Å². The van der Waals surface area contributed by atoms with Gasteiger partial charge in [-0.05, 0) is 36.8 Å². The second-order valence-corrected chi connectivity index (χ2v) is 5.56. The molecule has 0 amide bonds. The summed E-state index contributed by atoms with van der Waals surface area (Å²) < 4.78 is 50.0. The van der Waals surface area contributed by atoms with Crippen LogP contribution in [0.15, 0.2) is 47.6 Å². The third-order valence-corrected chi connectivity index (χ3v) is 3.81. The molecule has 0 fully saturated rings. The molecule has 0 radical (unpaired) electrons. The first-order valence-electron chi connectivity index (χ1n) is 5.81. The van der Waals surface area contributed by atoms with Crippen molar-refractivity contribution in [2.24, 2.45) is 0 Å². The fourth-order valence-corrected chi connectivity index (χ4v) is 2.52. The molecule has 0 aliphatic heterocycles. The van der Waals surface area contributed by atoms with Crippen LogP contribution in [0, 0.1) is 5.82 Å². The van der Waals surface area contributed by atoms with E-state index in [2.05, 4.69) is 4.98 Å². The van der Waals surface area contributed by atoms with E-state index in [4.69, 9.17) is 0 Å². The number of hydrogen-bond acceptors (Lipinski definition) is 2. The Morgan fingerprint density at radius 1 is 1.05 bits per heavy atom. The predicted molar refractivity (Wildman–Crippen MR) is 69.9 cm³/mol. The van der Waals surface area contributed by atoms with Crippen LogP contribution in [0.25, 0.3) is 0 Å². The first kappa shape index (κ1) is 14.8. The van der Waals surface area contributed by atoms with Crippen molar-refractivity contribution in [3.8, 4) is 0 Å². The molecule has 0 aliphatic carbocycles. The molecule has 20 heavy (non-hydrogen) atoms. The van der Waals surface area contributed by atoms with Gasteiger partial charge >= 0.3 is 6.18 Å². The summed E-state index contributed by atoms with van der Waals surface area (Å²) in [6.45, 7) is 1.89. The van der Waals surface area contributed by atoms with E-state index in [1.54, 1.807) is 12.1 Å². The Morgan fingerprint density at radius 3 is 2.20 bits per heavy atom. The van der Waals surface area contributed by atoms with Gasteiger partial charge < -0.3 is 0 Å². The first-order valence-corrected chi connectivity index (χ1v) is 6.69. The highest BCUT2D eigenvalue weighted by Gasteiger charge is 2.30.